The summed E-state index contributed by atoms with van der Waals surface area (Å²) in [7, 11) is 0. The molecular weight excluding hydrogens is 284 g/mol. The average Bonchev–Trinajstić information content (AvgIpc) is 2.52. The van der Waals surface area contributed by atoms with Gasteiger partial charge in [0.05, 0.1) is 11.2 Å². The van der Waals surface area contributed by atoms with Gasteiger partial charge in [0.25, 0.3) is 0 Å². The van der Waals surface area contributed by atoms with Crippen molar-refractivity contribution in [3.05, 3.63) is 71.1 Å². The molecule has 0 aliphatic rings. The van der Waals surface area contributed by atoms with Crippen molar-refractivity contribution in [2.75, 3.05) is 0 Å². The minimum absolute atomic E-state index is 0.338. The smallest absolute Gasteiger partial charge is 0.117 e. The molecule has 1 N–H and O–H groups in total. The molecule has 0 radical (unpaired) electrons. The van der Waals surface area contributed by atoms with Gasteiger partial charge in [-0.15, -0.1) is 0 Å². The summed E-state index contributed by atoms with van der Waals surface area (Å²) in [5.41, 5.74) is 10.2. The lowest BCUT2D eigenvalue weighted by molar-refractivity contribution is 0.645. The van der Waals surface area contributed by atoms with Crippen LogP contribution < -0.4 is 0 Å². The molecule has 104 valence electrons. The highest BCUT2D eigenvalue weighted by Gasteiger charge is 2.14. The predicted octanol–water partition coefficient (Wildman–Crippen LogP) is 4.60. The van der Waals surface area contributed by atoms with Crippen molar-refractivity contribution in [2.45, 2.75) is 12.5 Å². The first-order valence-corrected chi connectivity index (χ1v) is 6.96. The van der Waals surface area contributed by atoms with Crippen LogP contribution in [0.2, 0.25) is 5.02 Å². The molecule has 1 aromatic carbocycles. The van der Waals surface area contributed by atoms with Crippen LogP contribution in [0.25, 0.3) is 10.9 Å². The molecule has 1 unspecified atom stereocenters. The van der Waals surface area contributed by atoms with Gasteiger partial charge in [-0.1, -0.05) is 29.8 Å². The molecular formula is C16H13ClN4. The Morgan fingerprint density at radius 3 is 2.71 bits per heavy atom. The number of fused-ring (bicyclic) bond motifs is 1. The summed E-state index contributed by atoms with van der Waals surface area (Å²) < 4.78 is 0. The zero-order valence-electron chi connectivity index (χ0n) is 11.2. The van der Waals surface area contributed by atoms with Gasteiger partial charge in [0, 0.05) is 29.2 Å². The Labute approximate surface area is 127 Å². The largest absolute Gasteiger partial charge is 0.259 e. The lowest BCUT2D eigenvalue weighted by atomic mass is 10.00. The molecule has 0 saturated carbocycles. The second kappa shape index (κ2) is 5.97. The highest BCUT2D eigenvalue weighted by Crippen LogP contribution is 2.26. The Hall–Kier alpha value is -2.33. The summed E-state index contributed by atoms with van der Waals surface area (Å²) in [5.74, 6) is 0. The molecule has 1 atom stereocenters. The Kier molecular flexibility index (Phi) is 3.88. The van der Waals surface area contributed by atoms with Gasteiger partial charge in [0.1, 0.15) is 6.04 Å². The maximum absolute atomic E-state index is 7.45. The van der Waals surface area contributed by atoms with E-state index >= 15 is 0 Å². The van der Waals surface area contributed by atoms with Crippen molar-refractivity contribution < 1.29 is 0 Å². The molecule has 5 heteroatoms. The van der Waals surface area contributed by atoms with Crippen molar-refractivity contribution in [3.63, 3.8) is 0 Å². The van der Waals surface area contributed by atoms with Crippen molar-refractivity contribution in [2.24, 2.45) is 5.11 Å². The van der Waals surface area contributed by atoms with E-state index in [1.165, 1.54) is 0 Å². The van der Waals surface area contributed by atoms with E-state index < -0.39 is 0 Å². The van der Waals surface area contributed by atoms with Crippen LogP contribution in [0.15, 0.2) is 60.0 Å². The summed E-state index contributed by atoms with van der Waals surface area (Å²) in [4.78, 5) is 8.62. The van der Waals surface area contributed by atoms with Gasteiger partial charge in [-0.05, 0) is 29.8 Å². The van der Waals surface area contributed by atoms with Crippen LogP contribution in [-0.4, -0.2) is 9.97 Å². The quantitative estimate of drug-likeness (QED) is 0.715. The lowest BCUT2D eigenvalue weighted by Gasteiger charge is -2.12. The maximum atomic E-state index is 7.45. The molecule has 0 saturated heterocycles. The van der Waals surface area contributed by atoms with Gasteiger partial charge in [-0.25, -0.2) is 5.53 Å². The van der Waals surface area contributed by atoms with E-state index in [4.69, 9.17) is 17.1 Å². The molecule has 3 aromatic rings. The fourth-order valence-corrected chi connectivity index (χ4v) is 2.53. The second-order valence-corrected chi connectivity index (χ2v) is 5.17. The molecule has 4 nitrogen and oxygen atoms in total. The van der Waals surface area contributed by atoms with Gasteiger partial charge < -0.3 is 0 Å². The predicted molar refractivity (Wildman–Crippen MR) is 82.6 cm³/mol. The Morgan fingerprint density at radius 2 is 1.90 bits per heavy atom. The third kappa shape index (κ3) is 2.90. The SMILES string of the molecule is N=NC(Cc1ccnc2ccccc12)c1cc(Cl)ccn1. The molecule has 0 amide bonds. The van der Waals surface area contributed by atoms with Crippen LogP contribution in [0.4, 0.5) is 0 Å². The van der Waals surface area contributed by atoms with Crippen LogP contribution >= 0.6 is 11.6 Å². The first-order chi connectivity index (χ1) is 10.3. The number of hydrogen-bond acceptors (Lipinski definition) is 4. The number of hydrogen-bond donors (Lipinski definition) is 1. The first-order valence-electron chi connectivity index (χ1n) is 6.58. The number of rotatable bonds is 4. The van der Waals surface area contributed by atoms with Crippen LogP contribution in [0.5, 0.6) is 0 Å². The first kappa shape index (κ1) is 13.6. The molecule has 0 aliphatic carbocycles. The summed E-state index contributed by atoms with van der Waals surface area (Å²) in [5, 5.41) is 5.39. The molecule has 2 heterocycles. The third-order valence-corrected chi connectivity index (χ3v) is 3.63. The lowest BCUT2D eigenvalue weighted by Crippen LogP contribution is -2.03. The van der Waals surface area contributed by atoms with Crippen LogP contribution in [0.1, 0.15) is 17.3 Å². The summed E-state index contributed by atoms with van der Waals surface area (Å²) >= 11 is 5.99. The standard InChI is InChI=1S/C16H13ClN4/c17-12-6-8-20-15(10-12)16(21-18)9-11-5-7-19-14-4-2-1-3-13(11)14/h1-8,10,16,18H,9H2. The van der Waals surface area contributed by atoms with Gasteiger partial charge in [0.15, 0.2) is 0 Å². The molecule has 0 spiro atoms. The van der Waals surface area contributed by atoms with Gasteiger partial charge in [0.2, 0.25) is 0 Å². The zero-order chi connectivity index (χ0) is 14.7. The number of halogens is 1. The normalized spacial score (nSPS) is 12.2. The summed E-state index contributed by atoms with van der Waals surface area (Å²) in [6.45, 7) is 0. The van der Waals surface area contributed by atoms with E-state index in [-0.39, 0.29) is 6.04 Å². The summed E-state index contributed by atoms with van der Waals surface area (Å²) in [6, 6.07) is 13.1. The van der Waals surface area contributed by atoms with Gasteiger partial charge in [-0.2, -0.15) is 5.11 Å². The van der Waals surface area contributed by atoms with E-state index in [2.05, 4.69) is 15.1 Å². The minimum Gasteiger partial charge on any atom is -0.259 e. The number of aromatic nitrogens is 2. The third-order valence-electron chi connectivity index (χ3n) is 3.39. The van der Waals surface area contributed by atoms with Crippen molar-refractivity contribution >= 4 is 22.5 Å². The molecule has 3 rings (SSSR count). The number of pyridine rings is 2. The van der Waals surface area contributed by atoms with E-state index in [0.29, 0.717) is 17.1 Å². The van der Waals surface area contributed by atoms with E-state index in [9.17, 15) is 0 Å². The molecule has 0 bridgehead atoms. The zero-order valence-corrected chi connectivity index (χ0v) is 12.0. The van der Waals surface area contributed by atoms with E-state index in [0.717, 1.165) is 16.5 Å². The topological polar surface area (TPSA) is 62.0 Å². The number of nitrogens with one attached hydrogen (secondary N) is 1. The highest BCUT2D eigenvalue weighted by atomic mass is 35.5. The monoisotopic (exact) mass is 296 g/mol. The fraction of sp³-hybridized carbons (Fsp3) is 0.125. The average molecular weight is 297 g/mol. The minimum atomic E-state index is -0.338. The second-order valence-electron chi connectivity index (χ2n) is 4.74. The van der Waals surface area contributed by atoms with Gasteiger partial charge in [-0.3, -0.25) is 9.97 Å². The van der Waals surface area contributed by atoms with Crippen molar-refractivity contribution in [3.8, 4) is 0 Å². The van der Waals surface area contributed by atoms with Crippen LogP contribution in [-0.2, 0) is 6.42 Å². The fourth-order valence-electron chi connectivity index (χ4n) is 2.36. The Balaban J connectivity index is 1.98. The Morgan fingerprint density at radius 1 is 1.10 bits per heavy atom. The van der Waals surface area contributed by atoms with Crippen molar-refractivity contribution in [1.82, 2.24) is 9.97 Å². The maximum Gasteiger partial charge on any atom is 0.117 e. The Bertz CT molecular complexity index is 783. The molecule has 2 aromatic heterocycles. The molecule has 0 fully saturated rings. The highest BCUT2D eigenvalue weighted by molar-refractivity contribution is 6.30. The van der Waals surface area contributed by atoms with E-state index in [1.54, 1.807) is 24.5 Å². The van der Waals surface area contributed by atoms with Crippen molar-refractivity contribution in [1.29, 1.82) is 5.53 Å². The van der Waals surface area contributed by atoms with Crippen LogP contribution in [0, 0.1) is 5.53 Å². The number of para-hydroxylation sites is 1. The van der Waals surface area contributed by atoms with Gasteiger partial charge >= 0.3 is 0 Å². The summed E-state index contributed by atoms with van der Waals surface area (Å²) in [6.07, 6.45) is 4.02. The number of benzene rings is 1. The molecule has 21 heavy (non-hydrogen) atoms. The van der Waals surface area contributed by atoms with Crippen LogP contribution in [0.3, 0.4) is 0 Å². The number of nitrogens with zero attached hydrogens (tertiary/aromatic N) is 3. The van der Waals surface area contributed by atoms with E-state index in [1.807, 2.05) is 30.3 Å². The molecule has 0 aliphatic heterocycles.